The van der Waals surface area contributed by atoms with Crippen molar-refractivity contribution in [1.82, 2.24) is 0 Å². The van der Waals surface area contributed by atoms with Gasteiger partial charge in [-0.1, -0.05) is 12.1 Å². The lowest BCUT2D eigenvalue weighted by Gasteiger charge is -2.08. The number of para-hydroxylation sites is 1. The summed E-state index contributed by atoms with van der Waals surface area (Å²) in [4.78, 5) is 12.0. The van der Waals surface area contributed by atoms with E-state index in [1.807, 2.05) is 24.3 Å². The van der Waals surface area contributed by atoms with Gasteiger partial charge < -0.3 is 10.4 Å². The predicted molar refractivity (Wildman–Crippen MR) is 80.0 cm³/mol. The van der Waals surface area contributed by atoms with Gasteiger partial charge in [0, 0.05) is 9.13 Å². The van der Waals surface area contributed by atoms with Crippen molar-refractivity contribution in [1.29, 1.82) is 0 Å². The van der Waals surface area contributed by atoms with E-state index in [0.717, 1.165) is 9.26 Å². The number of nitrogens with one attached hydrogen (secondary N) is 1. The Morgan fingerprint density at radius 1 is 1.22 bits per heavy atom. The van der Waals surface area contributed by atoms with Crippen LogP contribution in [0.2, 0.25) is 0 Å². The number of phenols is 1. The molecule has 0 spiro atoms. The van der Waals surface area contributed by atoms with Crippen molar-refractivity contribution in [2.45, 2.75) is 6.92 Å². The normalized spacial score (nSPS) is 10.1. The van der Waals surface area contributed by atoms with Crippen LogP contribution >= 0.6 is 22.6 Å². The molecule has 2 rings (SSSR count). The molecule has 0 fully saturated rings. The first-order valence-electron chi connectivity index (χ1n) is 5.43. The van der Waals surface area contributed by atoms with E-state index in [4.69, 9.17) is 0 Å². The quantitative estimate of drug-likeness (QED) is 0.812. The van der Waals surface area contributed by atoms with Crippen molar-refractivity contribution >= 4 is 34.2 Å². The number of rotatable bonds is 2. The van der Waals surface area contributed by atoms with Crippen LogP contribution in [0.3, 0.4) is 0 Å². The second-order valence-corrected chi connectivity index (χ2v) is 5.10. The standard InChI is InChI=1S/C14H12INO2/c1-9-8-10(6-7-13(9)17)14(18)16-12-5-3-2-4-11(12)15/h2-8,17H,1H3,(H,16,18). The van der Waals surface area contributed by atoms with Crippen LogP contribution in [-0.4, -0.2) is 11.0 Å². The smallest absolute Gasteiger partial charge is 0.255 e. The minimum atomic E-state index is -0.179. The van der Waals surface area contributed by atoms with Crippen LogP contribution in [0.4, 0.5) is 5.69 Å². The van der Waals surface area contributed by atoms with Crippen molar-refractivity contribution < 1.29 is 9.90 Å². The molecule has 0 saturated carbocycles. The van der Waals surface area contributed by atoms with Gasteiger partial charge in [-0.05, 0) is 65.4 Å². The number of carbonyl (C=O) groups is 1. The van der Waals surface area contributed by atoms with E-state index in [0.29, 0.717) is 11.1 Å². The summed E-state index contributed by atoms with van der Waals surface area (Å²) in [5, 5.41) is 12.3. The maximum absolute atomic E-state index is 12.0. The highest BCUT2D eigenvalue weighted by molar-refractivity contribution is 14.1. The molecule has 2 N–H and O–H groups in total. The molecule has 3 nitrogen and oxygen atoms in total. The second kappa shape index (κ2) is 5.39. The SMILES string of the molecule is Cc1cc(C(=O)Nc2ccccc2I)ccc1O. The summed E-state index contributed by atoms with van der Waals surface area (Å²) in [5.41, 5.74) is 2.00. The zero-order valence-corrected chi connectivity index (χ0v) is 11.9. The highest BCUT2D eigenvalue weighted by atomic mass is 127. The van der Waals surface area contributed by atoms with Crippen LogP contribution in [0.5, 0.6) is 5.75 Å². The summed E-state index contributed by atoms with van der Waals surface area (Å²) >= 11 is 2.17. The molecule has 4 heteroatoms. The van der Waals surface area contributed by atoms with E-state index in [1.54, 1.807) is 19.1 Å². The summed E-state index contributed by atoms with van der Waals surface area (Å²) < 4.78 is 0.985. The third kappa shape index (κ3) is 2.81. The molecule has 92 valence electrons. The number of halogens is 1. The molecular formula is C14H12INO2. The minimum Gasteiger partial charge on any atom is -0.508 e. The third-order valence-corrected chi connectivity index (χ3v) is 3.52. The molecule has 18 heavy (non-hydrogen) atoms. The lowest BCUT2D eigenvalue weighted by Crippen LogP contribution is -2.12. The van der Waals surface area contributed by atoms with Gasteiger partial charge in [0.25, 0.3) is 5.91 Å². The molecule has 0 radical (unpaired) electrons. The van der Waals surface area contributed by atoms with E-state index in [-0.39, 0.29) is 11.7 Å². The molecule has 0 atom stereocenters. The summed E-state index contributed by atoms with van der Waals surface area (Å²) in [6.07, 6.45) is 0. The van der Waals surface area contributed by atoms with E-state index in [1.165, 1.54) is 6.07 Å². The summed E-state index contributed by atoms with van der Waals surface area (Å²) in [6.45, 7) is 1.76. The first-order valence-corrected chi connectivity index (χ1v) is 6.51. The van der Waals surface area contributed by atoms with Crippen LogP contribution < -0.4 is 5.32 Å². The lowest BCUT2D eigenvalue weighted by atomic mass is 10.1. The highest BCUT2D eigenvalue weighted by Gasteiger charge is 2.09. The largest absolute Gasteiger partial charge is 0.508 e. The number of aryl methyl sites for hydroxylation is 1. The number of benzene rings is 2. The molecule has 0 saturated heterocycles. The number of amides is 1. The third-order valence-electron chi connectivity index (χ3n) is 2.58. The topological polar surface area (TPSA) is 49.3 Å². The average Bonchev–Trinajstić information content (AvgIpc) is 2.35. The number of aromatic hydroxyl groups is 1. The fourth-order valence-electron chi connectivity index (χ4n) is 1.55. The first kappa shape index (κ1) is 12.9. The molecule has 2 aromatic carbocycles. The molecule has 1 amide bonds. The van der Waals surface area contributed by atoms with Gasteiger partial charge in [-0.25, -0.2) is 0 Å². The lowest BCUT2D eigenvalue weighted by molar-refractivity contribution is 0.102. The van der Waals surface area contributed by atoms with Gasteiger partial charge in [0.15, 0.2) is 0 Å². The van der Waals surface area contributed by atoms with Gasteiger partial charge in [-0.2, -0.15) is 0 Å². The van der Waals surface area contributed by atoms with Crippen molar-refractivity contribution in [2.75, 3.05) is 5.32 Å². The van der Waals surface area contributed by atoms with Crippen LogP contribution in [-0.2, 0) is 0 Å². The fourth-order valence-corrected chi connectivity index (χ4v) is 2.08. The van der Waals surface area contributed by atoms with Gasteiger partial charge >= 0.3 is 0 Å². The van der Waals surface area contributed by atoms with Crippen molar-refractivity contribution in [3.63, 3.8) is 0 Å². The fraction of sp³-hybridized carbons (Fsp3) is 0.0714. The Bertz CT molecular complexity index is 596. The Labute approximate surface area is 119 Å². The zero-order chi connectivity index (χ0) is 13.1. The van der Waals surface area contributed by atoms with Crippen LogP contribution in [0.25, 0.3) is 0 Å². The maximum atomic E-state index is 12.0. The van der Waals surface area contributed by atoms with Crippen molar-refractivity contribution in [3.8, 4) is 5.75 Å². The molecule has 0 aromatic heterocycles. The van der Waals surface area contributed by atoms with Gasteiger partial charge in [-0.15, -0.1) is 0 Å². The second-order valence-electron chi connectivity index (χ2n) is 3.94. The van der Waals surface area contributed by atoms with E-state index in [9.17, 15) is 9.90 Å². The monoisotopic (exact) mass is 353 g/mol. The van der Waals surface area contributed by atoms with E-state index >= 15 is 0 Å². The minimum absolute atomic E-state index is 0.179. The summed E-state index contributed by atoms with van der Waals surface area (Å²) in [7, 11) is 0. The number of phenolic OH excluding ortho intramolecular Hbond substituents is 1. The van der Waals surface area contributed by atoms with Gasteiger partial charge in [0.2, 0.25) is 0 Å². The summed E-state index contributed by atoms with van der Waals surface area (Å²) in [6, 6.07) is 12.4. The first-order chi connectivity index (χ1) is 8.58. The highest BCUT2D eigenvalue weighted by Crippen LogP contribution is 2.20. The Morgan fingerprint density at radius 3 is 2.61 bits per heavy atom. The zero-order valence-electron chi connectivity index (χ0n) is 9.77. The molecule has 0 bridgehead atoms. The Kier molecular flexibility index (Phi) is 3.86. The van der Waals surface area contributed by atoms with Gasteiger partial charge in [-0.3, -0.25) is 4.79 Å². The molecule has 0 aliphatic heterocycles. The number of anilines is 1. The Morgan fingerprint density at radius 2 is 1.94 bits per heavy atom. The Hall–Kier alpha value is -1.56. The molecule has 0 heterocycles. The van der Waals surface area contributed by atoms with Crippen LogP contribution in [0, 0.1) is 10.5 Å². The van der Waals surface area contributed by atoms with E-state index in [2.05, 4.69) is 27.9 Å². The summed E-state index contributed by atoms with van der Waals surface area (Å²) in [5.74, 6) is 0.0167. The Balaban J connectivity index is 2.22. The van der Waals surface area contributed by atoms with Gasteiger partial charge in [0.05, 0.1) is 5.69 Å². The van der Waals surface area contributed by atoms with E-state index < -0.39 is 0 Å². The molecule has 0 aliphatic rings. The molecule has 0 unspecified atom stereocenters. The van der Waals surface area contributed by atoms with Crippen molar-refractivity contribution in [3.05, 3.63) is 57.2 Å². The van der Waals surface area contributed by atoms with Crippen molar-refractivity contribution in [2.24, 2.45) is 0 Å². The van der Waals surface area contributed by atoms with Crippen LogP contribution in [0.1, 0.15) is 15.9 Å². The number of carbonyl (C=O) groups excluding carboxylic acids is 1. The molecule has 2 aromatic rings. The maximum Gasteiger partial charge on any atom is 0.255 e. The van der Waals surface area contributed by atoms with Gasteiger partial charge in [0.1, 0.15) is 5.75 Å². The number of hydrogen-bond acceptors (Lipinski definition) is 2. The average molecular weight is 353 g/mol. The predicted octanol–water partition coefficient (Wildman–Crippen LogP) is 3.56. The number of hydrogen-bond donors (Lipinski definition) is 2. The molecular weight excluding hydrogens is 341 g/mol. The molecule has 0 aliphatic carbocycles. The van der Waals surface area contributed by atoms with Crippen LogP contribution in [0.15, 0.2) is 42.5 Å².